The van der Waals surface area contributed by atoms with E-state index in [9.17, 15) is 15.0 Å². The topological polar surface area (TPSA) is 82.5 Å². The van der Waals surface area contributed by atoms with Crippen molar-refractivity contribution < 1.29 is 15.0 Å². The Balaban J connectivity index is 1.56. The molecule has 0 aliphatic heterocycles. The van der Waals surface area contributed by atoms with E-state index < -0.39 is 0 Å². The highest BCUT2D eigenvalue weighted by Gasteiger charge is 2.23. The molecule has 0 aliphatic rings. The van der Waals surface area contributed by atoms with Gasteiger partial charge in [-0.2, -0.15) is 0 Å². The summed E-state index contributed by atoms with van der Waals surface area (Å²) in [5.74, 6) is -0.175. The summed E-state index contributed by atoms with van der Waals surface area (Å²) < 4.78 is 1.01. The third kappa shape index (κ3) is 4.29. The van der Waals surface area contributed by atoms with Crippen molar-refractivity contribution in [3.8, 4) is 11.5 Å². The van der Waals surface area contributed by atoms with Crippen molar-refractivity contribution in [1.82, 2.24) is 4.98 Å². The first-order chi connectivity index (χ1) is 16.1. The number of phenolic OH excluding ortho intramolecular Hbond substituents is 2. The van der Waals surface area contributed by atoms with Gasteiger partial charge in [-0.1, -0.05) is 65.9 Å². The number of amides is 1. The minimum absolute atomic E-state index is 0.171. The lowest BCUT2D eigenvalue weighted by atomic mass is 9.82. The largest absolute Gasteiger partial charge is 0.508 e. The number of fused-ring (bicyclic) bond motifs is 1. The molecule has 1 aromatic heterocycles. The van der Waals surface area contributed by atoms with Crippen LogP contribution in [0.1, 0.15) is 33.0 Å². The van der Waals surface area contributed by atoms with Gasteiger partial charge in [0.15, 0.2) is 5.13 Å². The highest BCUT2D eigenvalue weighted by Crippen LogP contribution is 2.36. The number of carbonyl (C=O) groups excluding carboxylic acids is 1. The van der Waals surface area contributed by atoms with E-state index in [2.05, 4.69) is 10.3 Å². The summed E-state index contributed by atoms with van der Waals surface area (Å²) in [5.41, 5.74) is 4.02. The maximum Gasteiger partial charge on any atom is 0.257 e. The summed E-state index contributed by atoms with van der Waals surface area (Å²) in [6, 6.07) is 29.1. The summed E-state index contributed by atoms with van der Waals surface area (Å²) in [7, 11) is 0. The molecular formula is C27H20N2O3S. The highest BCUT2D eigenvalue weighted by molar-refractivity contribution is 7.22. The maximum absolute atomic E-state index is 13.4. The lowest BCUT2D eigenvalue weighted by Gasteiger charge is -2.21. The zero-order chi connectivity index (χ0) is 22.8. The van der Waals surface area contributed by atoms with Crippen LogP contribution in [0.25, 0.3) is 10.2 Å². The molecule has 0 spiro atoms. The van der Waals surface area contributed by atoms with Gasteiger partial charge in [-0.3, -0.25) is 10.1 Å². The summed E-state index contributed by atoms with van der Waals surface area (Å²) in [5, 5.41) is 23.1. The van der Waals surface area contributed by atoms with Gasteiger partial charge in [0.2, 0.25) is 0 Å². The molecule has 1 amide bonds. The van der Waals surface area contributed by atoms with E-state index in [0.717, 1.165) is 26.9 Å². The predicted molar refractivity (Wildman–Crippen MR) is 131 cm³/mol. The lowest BCUT2D eigenvalue weighted by molar-refractivity contribution is 0.102. The smallest absolute Gasteiger partial charge is 0.257 e. The Hall–Kier alpha value is -4.16. The fourth-order valence-corrected chi connectivity index (χ4v) is 4.79. The molecule has 1 heterocycles. The van der Waals surface area contributed by atoms with Crippen LogP contribution in [0.2, 0.25) is 0 Å². The second-order valence-electron chi connectivity index (χ2n) is 7.64. The molecule has 0 bridgehead atoms. The number of para-hydroxylation sites is 1. The SMILES string of the molecule is O=C(Nc1nc2ccccc2s1)c1ccccc1C(c1ccc(O)cc1)c1ccc(O)cc1. The van der Waals surface area contributed by atoms with Crippen molar-refractivity contribution >= 4 is 32.6 Å². The van der Waals surface area contributed by atoms with Crippen LogP contribution in [0, 0.1) is 0 Å². The van der Waals surface area contributed by atoms with E-state index in [-0.39, 0.29) is 23.3 Å². The Morgan fingerprint density at radius 2 is 1.33 bits per heavy atom. The van der Waals surface area contributed by atoms with Gasteiger partial charge in [-0.25, -0.2) is 4.98 Å². The number of carbonyl (C=O) groups is 1. The van der Waals surface area contributed by atoms with Gasteiger partial charge in [0.25, 0.3) is 5.91 Å². The number of thiazole rings is 1. The van der Waals surface area contributed by atoms with E-state index in [1.165, 1.54) is 11.3 Å². The Labute approximate surface area is 194 Å². The van der Waals surface area contributed by atoms with Crippen molar-refractivity contribution in [2.45, 2.75) is 5.92 Å². The fourth-order valence-electron chi connectivity index (χ4n) is 3.93. The molecule has 0 saturated carbocycles. The van der Waals surface area contributed by atoms with E-state index in [1.54, 1.807) is 30.3 Å². The molecule has 0 atom stereocenters. The number of nitrogens with one attached hydrogen (secondary N) is 1. The monoisotopic (exact) mass is 452 g/mol. The maximum atomic E-state index is 13.4. The summed E-state index contributed by atoms with van der Waals surface area (Å²) >= 11 is 1.43. The number of benzene rings is 4. The fraction of sp³-hybridized carbons (Fsp3) is 0.0370. The van der Waals surface area contributed by atoms with E-state index in [0.29, 0.717) is 10.7 Å². The zero-order valence-electron chi connectivity index (χ0n) is 17.5. The molecule has 33 heavy (non-hydrogen) atoms. The van der Waals surface area contributed by atoms with Crippen molar-refractivity contribution in [3.05, 3.63) is 119 Å². The molecule has 5 rings (SSSR count). The quantitative estimate of drug-likeness (QED) is 0.280. The van der Waals surface area contributed by atoms with Gasteiger partial charge in [0.05, 0.1) is 10.2 Å². The molecule has 0 fully saturated rings. The van der Waals surface area contributed by atoms with Crippen LogP contribution >= 0.6 is 11.3 Å². The summed E-state index contributed by atoms with van der Waals surface area (Å²) in [6.45, 7) is 0. The first-order valence-corrected chi connectivity index (χ1v) is 11.2. The molecule has 4 aromatic carbocycles. The molecular weight excluding hydrogens is 432 g/mol. The number of rotatable bonds is 5. The standard InChI is InChI=1S/C27H20N2O3S/c30-19-13-9-17(10-14-19)25(18-11-15-20(31)16-12-18)21-5-1-2-6-22(21)26(32)29-27-28-23-7-3-4-8-24(23)33-27/h1-16,25,30-31H,(H,28,29,32). The summed E-state index contributed by atoms with van der Waals surface area (Å²) in [4.78, 5) is 17.9. The first-order valence-electron chi connectivity index (χ1n) is 10.4. The molecule has 0 saturated heterocycles. The van der Waals surface area contributed by atoms with Gasteiger partial charge in [-0.05, 0) is 59.2 Å². The molecule has 0 unspecified atom stereocenters. The normalized spacial score (nSPS) is 11.1. The number of aromatic hydroxyl groups is 2. The number of nitrogens with zero attached hydrogens (tertiary/aromatic N) is 1. The van der Waals surface area contributed by atoms with Crippen LogP contribution in [-0.2, 0) is 0 Å². The lowest BCUT2D eigenvalue weighted by Crippen LogP contribution is -2.16. The number of phenols is 2. The van der Waals surface area contributed by atoms with Crippen molar-refractivity contribution in [2.24, 2.45) is 0 Å². The van der Waals surface area contributed by atoms with E-state index in [1.807, 2.05) is 66.7 Å². The number of hydrogen-bond donors (Lipinski definition) is 3. The predicted octanol–water partition coefficient (Wildman–Crippen LogP) is 6.14. The third-order valence-corrected chi connectivity index (χ3v) is 6.44. The number of anilines is 1. The Morgan fingerprint density at radius 3 is 1.97 bits per heavy atom. The molecule has 6 heteroatoms. The number of aromatic nitrogens is 1. The average Bonchev–Trinajstić information content (AvgIpc) is 3.24. The van der Waals surface area contributed by atoms with Gasteiger partial charge in [0, 0.05) is 11.5 Å². The minimum Gasteiger partial charge on any atom is -0.508 e. The van der Waals surface area contributed by atoms with Crippen LogP contribution in [0.3, 0.4) is 0 Å². The van der Waals surface area contributed by atoms with Crippen LogP contribution < -0.4 is 5.32 Å². The van der Waals surface area contributed by atoms with Gasteiger partial charge in [-0.15, -0.1) is 0 Å². The molecule has 0 radical (unpaired) electrons. The molecule has 5 aromatic rings. The Kier molecular flexibility index (Phi) is 5.50. The third-order valence-electron chi connectivity index (χ3n) is 5.48. The van der Waals surface area contributed by atoms with Gasteiger partial charge in [0.1, 0.15) is 11.5 Å². The zero-order valence-corrected chi connectivity index (χ0v) is 18.3. The Morgan fingerprint density at radius 1 is 0.758 bits per heavy atom. The van der Waals surface area contributed by atoms with Crippen LogP contribution in [0.4, 0.5) is 5.13 Å². The van der Waals surface area contributed by atoms with E-state index in [4.69, 9.17) is 0 Å². The van der Waals surface area contributed by atoms with Crippen molar-refractivity contribution in [3.63, 3.8) is 0 Å². The van der Waals surface area contributed by atoms with Gasteiger partial charge < -0.3 is 10.2 Å². The van der Waals surface area contributed by atoms with Crippen LogP contribution in [0.15, 0.2) is 97.1 Å². The minimum atomic E-state index is -0.275. The molecule has 0 aliphatic carbocycles. The molecule has 162 valence electrons. The number of hydrogen-bond acceptors (Lipinski definition) is 5. The average molecular weight is 453 g/mol. The van der Waals surface area contributed by atoms with Crippen LogP contribution in [-0.4, -0.2) is 21.1 Å². The highest BCUT2D eigenvalue weighted by atomic mass is 32.1. The second kappa shape index (κ2) is 8.76. The van der Waals surface area contributed by atoms with Crippen molar-refractivity contribution in [1.29, 1.82) is 0 Å². The summed E-state index contributed by atoms with van der Waals surface area (Å²) in [6.07, 6.45) is 0. The Bertz CT molecular complexity index is 1350. The second-order valence-corrected chi connectivity index (χ2v) is 8.67. The van der Waals surface area contributed by atoms with Crippen molar-refractivity contribution in [2.75, 3.05) is 5.32 Å². The molecule has 3 N–H and O–H groups in total. The first kappa shape index (κ1) is 20.7. The van der Waals surface area contributed by atoms with Gasteiger partial charge >= 0.3 is 0 Å². The van der Waals surface area contributed by atoms with E-state index >= 15 is 0 Å². The van der Waals surface area contributed by atoms with Crippen LogP contribution in [0.5, 0.6) is 11.5 Å². The molecule has 5 nitrogen and oxygen atoms in total.